The molecule has 0 aliphatic heterocycles. The zero-order valence-electron chi connectivity index (χ0n) is 14.6. The first kappa shape index (κ1) is 19.9. The molecule has 0 bridgehead atoms. The number of carbonyl (C=O) groups excluding carboxylic acids is 2. The van der Waals surface area contributed by atoms with E-state index in [1.165, 1.54) is 19.1 Å². The van der Waals surface area contributed by atoms with E-state index in [0.29, 0.717) is 5.69 Å². The van der Waals surface area contributed by atoms with Crippen LogP contribution in [0.4, 0.5) is 14.5 Å². The Morgan fingerprint density at radius 2 is 1.81 bits per heavy atom. The molecule has 0 heterocycles. The third kappa shape index (κ3) is 5.29. The molecule has 2 aromatic rings. The van der Waals surface area contributed by atoms with Crippen LogP contribution in [-0.4, -0.2) is 23.7 Å². The summed E-state index contributed by atoms with van der Waals surface area (Å²) in [6.45, 7) is 5.18. The predicted molar refractivity (Wildman–Crippen MR) is 97.7 cm³/mol. The molecule has 7 heteroatoms. The first-order valence-electron chi connectivity index (χ1n) is 7.91. The maximum Gasteiger partial charge on any atom is 0.340 e. The van der Waals surface area contributed by atoms with Crippen LogP contribution >= 0.6 is 11.8 Å². The summed E-state index contributed by atoms with van der Waals surface area (Å²) < 4.78 is 30.4. The highest BCUT2D eigenvalue weighted by Crippen LogP contribution is 2.29. The van der Waals surface area contributed by atoms with Crippen LogP contribution < -0.4 is 5.32 Å². The fraction of sp³-hybridized carbons (Fsp3) is 0.263. The second kappa shape index (κ2) is 8.80. The molecule has 138 valence electrons. The Balaban J connectivity index is 2.07. The van der Waals surface area contributed by atoms with Crippen molar-refractivity contribution in [3.8, 4) is 0 Å². The number of rotatable bonds is 6. The lowest BCUT2D eigenvalue weighted by Gasteiger charge is -2.16. The zero-order chi connectivity index (χ0) is 19.3. The van der Waals surface area contributed by atoms with E-state index in [0.717, 1.165) is 11.1 Å². The largest absolute Gasteiger partial charge is 0.449 e. The lowest BCUT2D eigenvalue weighted by atomic mass is 10.1. The van der Waals surface area contributed by atoms with Gasteiger partial charge < -0.3 is 10.1 Å². The van der Waals surface area contributed by atoms with E-state index in [1.807, 2.05) is 32.0 Å². The van der Waals surface area contributed by atoms with Crippen LogP contribution in [0.2, 0.25) is 0 Å². The first-order valence-corrected chi connectivity index (χ1v) is 8.79. The Kier molecular flexibility index (Phi) is 6.74. The number of nitrogens with one attached hydrogen (secondary N) is 1. The second-order valence-corrected chi connectivity index (χ2v) is 6.76. The summed E-state index contributed by atoms with van der Waals surface area (Å²) >= 11 is 0.260. The van der Waals surface area contributed by atoms with Gasteiger partial charge in [-0.3, -0.25) is 4.79 Å². The molecule has 0 unspecified atom stereocenters. The minimum atomic E-state index is -2.66. The minimum absolute atomic E-state index is 0.00388. The third-order valence-corrected chi connectivity index (χ3v) is 4.42. The number of carbonyl (C=O) groups is 2. The quantitative estimate of drug-likeness (QED) is 0.578. The molecule has 0 radical (unpaired) electrons. The molecule has 0 saturated carbocycles. The average molecular weight is 379 g/mol. The number of alkyl halides is 2. The number of benzene rings is 2. The van der Waals surface area contributed by atoms with Crippen molar-refractivity contribution in [2.45, 2.75) is 37.5 Å². The van der Waals surface area contributed by atoms with Gasteiger partial charge in [-0.05, 0) is 50.1 Å². The Bertz CT molecular complexity index is 811. The molecule has 0 aliphatic carbocycles. The van der Waals surface area contributed by atoms with Gasteiger partial charge in [-0.25, -0.2) is 4.79 Å². The molecule has 26 heavy (non-hydrogen) atoms. The highest BCUT2D eigenvalue weighted by molar-refractivity contribution is 7.99. The van der Waals surface area contributed by atoms with Gasteiger partial charge in [0.05, 0.1) is 5.56 Å². The molecule has 0 aromatic heterocycles. The number of ether oxygens (including phenoxy) is 1. The fourth-order valence-corrected chi connectivity index (χ4v) is 2.84. The predicted octanol–water partition coefficient (Wildman–Crippen LogP) is 4.80. The highest BCUT2D eigenvalue weighted by atomic mass is 32.2. The van der Waals surface area contributed by atoms with Crippen molar-refractivity contribution in [1.29, 1.82) is 0 Å². The molecule has 2 rings (SSSR count). The molecule has 1 atom stereocenters. The normalized spacial score (nSPS) is 11.9. The number of halogens is 2. The van der Waals surface area contributed by atoms with Crippen molar-refractivity contribution in [2.75, 3.05) is 5.32 Å². The van der Waals surface area contributed by atoms with E-state index in [4.69, 9.17) is 4.74 Å². The van der Waals surface area contributed by atoms with Crippen LogP contribution in [0.1, 0.15) is 28.4 Å². The Labute approximate surface area is 154 Å². The van der Waals surface area contributed by atoms with E-state index < -0.39 is 23.7 Å². The Hall–Kier alpha value is -2.41. The summed E-state index contributed by atoms with van der Waals surface area (Å²) in [6.07, 6.45) is -1.08. The van der Waals surface area contributed by atoms with E-state index in [2.05, 4.69) is 5.32 Å². The van der Waals surface area contributed by atoms with E-state index in [-0.39, 0.29) is 22.2 Å². The number of anilines is 1. The minimum Gasteiger partial charge on any atom is -0.449 e. The maximum absolute atomic E-state index is 12.6. The topological polar surface area (TPSA) is 55.4 Å². The van der Waals surface area contributed by atoms with Crippen LogP contribution in [0.3, 0.4) is 0 Å². The van der Waals surface area contributed by atoms with Gasteiger partial charge in [-0.1, -0.05) is 36.0 Å². The van der Waals surface area contributed by atoms with Crippen LogP contribution in [0.25, 0.3) is 0 Å². The van der Waals surface area contributed by atoms with Crippen LogP contribution in [-0.2, 0) is 9.53 Å². The molecular formula is C19H19F2NO3S. The molecule has 4 nitrogen and oxygen atoms in total. The van der Waals surface area contributed by atoms with Gasteiger partial charge >= 0.3 is 5.97 Å². The van der Waals surface area contributed by atoms with Crippen LogP contribution in [0.5, 0.6) is 0 Å². The van der Waals surface area contributed by atoms with E-state index in [9.17, 15) is 18.4 Å². The van der Waals surface area contributed by atoms with Crippen molar-refractivity contribution < 1.29 is 23.1 Å². The van der Waals surface area contributed by atoms with Crippen LogP contribution in [0, 0.1) is 13.8 Å². The number of esters is 1. The second-order valence-electron chi connectivity index (χ2n) is 5.73. The standard InChI is InChI=1S/C19H19F2NO3S/c1-11-8-9-12(2)15(10-11)22-17(23)13(3)25-18(24)14-6-4-5-7-16(14)26-19(20)21/h4-10,13,19H,1-3H3,(H,22,23)/t13-/m1/s1. The number of hydrogen-bond acceptors (Lipinski definition) is 4. The monoisotopic (exact) mass is 379 g/mol. The summed E-state index contributed by atoms with van der Waals surface area (Å²) in [5.74, 6) is -3.97. The molecule has 0 spiro atoms. The summed E-state index contributed by atoms with van der Waals surface area (Å²) in [6, 6.07) is 11.5. The zero-order valence-corrected chi connectivity index (χ0v) is 15.4. The van der Waals surface area contributed by atoms with Crippen molar-refractivity contribution >= 4 is 29.3 Å². The van der Waals surface area contributed by atoms with E-state index in [1.54, 1.807) is 12.1 Å². The summed E-state index contributed by atoms with van der Waals surface area (Å²) in [7, 11) is 0. The maximum atomic E-state index is 12.6. The lowest BCUT2D eigenvalue weighted by Crippen LogP contribution is -2.30. The number of thioether (sulfide) groups is 1. The van der Waals surface area contributed by atoms with Gasteiger partial charge in [0, 0.05) is 10.6 Å². The molecule has 1 amide bonds. The van der Waals surface area contributed by atoms with Gasteiger partial charge in [0.2, 0.25) is 0 Å². The Morgan fingerprint density at radius 1 is 1.12 bits per heavy atom. The van der Waals surface area contributed by atoms with Gasteiger partial charge in [0.1, 0.15) is 0 Å². The number of amides is 1. The molecule has 0 fully saturated rings. The smallest absolute Gasteiger partial charge is 0.340 e. The molecular weight excluding hydrogens is 360 g/mol. The van der Waals surface area contributed by atoms with Crippen molar-refractivity contribution in [1.82, 2.24) is 0 Å². The third-order valence-electron chi connectivity index (χ3n) is 3.63. The lowest BCUT2D eigenvalue weighted by molar-refractivity contribution is -0.123. The molecule has 0 aliphatic rings. The summed E-state index contributed by atoms with van der Waals surface area (Å²) in [5.41, 5.74) is 2.49. The summed E-state index contributed by atoms with van der Waals surface area (Å²) in [4.78, 5) is 24.7. The first-order chi connectivity index (χ1) is 12.3. The molecule has 0 saturated heterocycles. The van der Waals surface area contributed by atoms with Gasteiger partial charge in [-0.2, -0.15) is 8.78 Å². The van der Waals surface area contributed by atoms with Crippen molar-refractivity contribution in [3.05, 3.63) is 59.2 Å². The molecule has 1 N–H and O–H groups in total. The molecule has 2 aromatic carbocycles. The Morgan fingerprint density at radius 3 is 2.50 bits per heavy atom. The average Bonchev–Trinajstić information content (AvgIpc) is 2.57. The van der Waals surface area contributed by atoms with E-state index >= 15 is 0 Å². The van der Waals surface area contributed by atoms with Crippen LogP contribution in [0.15, 0.2) is 47.4 Å². The van der Waals surface area contributed by atoms with Gasteiger partial charge in [0.15, 0.2) is 6.10 Å². The highest BCUT2D eigenvalue weighted by Gasteiger charge is 2.22. The van der Waals surface area contributed by atoms with Crippen molar-refractivity contribution in [2.24, 2.45) is 0 Å². The fourth-order valence-electron chi connectivity index (χ4n) is 2.22. The van der Waals surface area contributed by atoms with Gasteiger partial charge in [0.25, 0.3) is 11.7 Å². The van der Waals surface area contributed by atoms with Gasteiger partial charge in [-0.15, -0.1) is 0 Å². The van der Waals surface area contributed by atoms with Crippen molar-refractivity contribution in [3.63, 3.8) is 0 Å². The number of hydrogen-bond donors (Lipinski definition) is 1. The SMILES string of the molecule is Cc1ccc(C)c(NC(=O)[C@@H](C)OC(=O)c2ccccc2SC(F)F)c1. The summed E-state index contributed by atoms with van der Waals surface area (Å²) in [5, 5.41) is 2.71. The number of aryl methyl sites for hydroxylation is 2.